The molecule has 184 valence electrons. The number of halogens is 2. The number of cyclic esters (lactones) is 1. The highest BCUT2D eigenvalue weighted by molar-refractivity contribution is 5.91. The fourth-order valence-electron chi connectivity index (χ4n) is 8.12. The Labute approximate surface area is 198 Å². The molecule has 3 unspecified atom stereocenters. The Morgan fingerprint density at radius 2 is 1.74 bits per heavy atom. The van der Waals surface area contributed by atoms with Crippen molar-refractivity contribution in [2.45, 2.75) is 77.0 Å². The molecule has 2 saturated carbocycles. The van der Waals surface area contributed by atoms with Gasteiger partial charge < -0.3 is 18.9 Å². The van der Waals surface area contributed by atoms with Gasteiger partial charge in [0.05, 0.1) is 30.0 Å². The third kappa shape index (κ3) is 3.23. The van der Waals surface area contributed by atoms with Crippen molar-refractivity contribution in [3.63, 3.8) is 0 Å². The van der Waals surface area contributed by atoms with Gasteiger partial charge in [0.2, 0.25) is 0 Å². The van der Waals surface area contributed by atoms with E-state index >= 15 is 0 Å². The highest BCUT2D eigenvalue weighted by Crippen LogP contribution is 2.67. The number of carbonyl (C=O) groups is 1. The molecular formula is C27H32F2O5. The Hall–Kier alpha value is -1.83. The lowest BCUT2D eigenvalue weighted by molar-refractivity contribution is -0.314. The monoisotopic (exact) mass is 474 g/mol. The molecule has 5 nitrogen and oxygen atoms in total. The van der Waals surface area contributed by atoms with Gasteiger partial charge in [0.25, 0.3) is 0 Å². The van der Waals surface area contributed by atoms with Gasteiger partial charge in [0.15, 0.2) is 6.29 Å². The summed E-state index contributed by atoms with van der Waals surface area (Å²) in [4.78, 5) is 12.2. The number of rotatable bonds is 2. The van der Waals surface area contributed by atoms with Gasteiger partial charge in [-0.1, -0.05) is 13.8 Å². The molecule has 0 radical (unpaired) electrons. The molecule has 8 atom stereocenters. The number of benzene rings is 1. The highest BCUT2D eigenvalue weighted by atomic mass is 19.1. The first-order valence-electron chi connectivity index (χ1n) is 12.4. The largest absolute Gasteiger partial charge is 0.458 e. The number of hydrogen-bond acceptors (Lipinski definition) is 5. The SMILES string of the molecule is CC12CC[C@@H]3[C@]4(C)COC(c5cc(F)cc(F)c5)O[C@@H]4CC[C@@]3(C)[C@@H]1CC(C1=CCOC1=O)O2. The van der Waals surface area contributed by atoms with Crippen LogP contribution in [0.4, 0.5) is 8.78 Å². The average Bonchev–Trinajstić information content (AvgIpc) is 3.35. The van der Waals surface area contributed by atoms with Crippen LogP contribution in [0.5, 0.6) is 0 Å². The predicted molar refractivity (Wildman–Crippen MR) is 119 cm³/mol. The quantitative estimate of drug-likeness (QED) is 0.549. The number of fused-ring (bicyclic) bond motifs is 5. The zero-order chi connectivity index (χ0) is 23.9. The third-order valence-electron chi connectivity index (χ3n) is 9.69. The van der Waals surface area contributed by atoms with Crippen LogP contribution in [0.2, 0.25) is 0 Å². The lowest BCUT2D eigenvalue weighted by Gasteiger charge is -2.64. The second-order valence-corrected chi connectivity index (χ2v) is 11.6. The molecule has 3 aliphatic heterocycles. The number of ether oxygens (including phenoxy) is 4. The Balaban J connectivity index is 1.25. The second kappa shape index (κ2) is 7.58. The van der Waals surface area contributed by atoms with E-state index in [0.717, 1.165) is 38.2 Å². The number of hydrogen-bond donors (Lipinski definition) is 0. The molecule has 0 amide bonds. The minimum absolute atomic E-state index is 0.0145. The summed E-state index contributed by atoms with van der Waals surface area (Å²) in [7, 11) is 0. The van der Waals surface area contributed by atoms with Crippen molar-refractivity contribution in [2.75, 3.05) is 13.2 Å². The summed E-state index contributed by atoms with van der Waals surface area (Å²) in [5, 5.41) is 0. The van der Waals surface area contributed by atoms with Crippen LogP contribution in [-0.2, 0) is 23.7 Å². The maximum absolute atomic E-state index is 13.8. The summed E-state index contributed by atoms with van der Waals surface area (Å²) in [5.41, 5.74) is 0.583. The van der Waals surface area contributed by atoms with E-state index in [1.54, 1.807) is 0 Å². The Kier molecular flexibility index (Phi) is 5.05. The van der Waals surface area contributed by atoms with Crippen LogP contribution >= 0.6 is 0 Å². The van der Waals surface area contributed by atoms with E-state index in [0.29, 0.717) is 36.2 Å². The average molecular weight is 475 g/mol. The summed E-state index contributed by atoms with van der Waals surface area (Å²) in [6, 6.07) is 3.43. The standard InChI is InChI=1S/C27H32F2O5/c1-25-7-5-22-26(2,14-32-24(33-22)15-10-16(28)12-17(29)11-15)20(25)4-8-27(3)21(25)13-19(34-27)18-6-9-31-23(18)30/h6,10-12,19-22,24H,4-5,7-9,13-14H2,1-3H3/t19?,20-,21-,22+,24?,25+,26-,27?/m0/s1. The molecule has 7 heteroatoms. The van der Waals surface area contributed by atoms with Gasteiger partial charge in [0, 0.05) is 17.0 Å². The first-order valence-corrected chi connectivity index (χ1v) is 12.4. The molecule has 0 aromatic heterocycles. The molecule has 2 aliphatic carbocycles. The van der Waals surface area contributed by atoms with E-state index in [9.17, 15) is 13.6 Å². The number of carbonyl (C=O) groups excluding carboxylic acids is 1. The van der Waals surface area contributed by atoms with Crippen LogP contribution in [-0.4, -0.2) is 37.0 Å². The van der Waals surface area contributed by atoms with Crippen LogP contribution < -0.4 is 0 Å². The fourth-order valence-corrected chi connectivity index (χ4v) is 8.12. The lowest BCUT2D eigenvalue weighted by Crippen LogP contribution is -2.63. The van der Waals surface area contributed by atoms with Crippen molar-refractivity contribution < 1.29 is 32.5 Å². The first kappa shape index (κ1) is 22.6. The molecule has 0 spiro atoms. The van der Waals surface area contributed by atoms with E-state index in [1.165, 1.54) is 12.1 Å². The van der Waals surface area contributed by atoms with Gasteiger partial charge in [-0.2, -0.15) is 0 Å². The summed E-state index contributed by atoms with van der Waals surface area (Å²) in [5.74, 6) is -0.844. The van der Waals surface area contributed by atoms with Crippen molar-refractivity contribution in [1.82, 2.24) is 0 Å². The molecule has 2 saturated heterocycles. The van der Waals surface area contributed by atoms with Crippen molar-refractivity contribution in [1.29, 1.82) is 0 Å². The Morgan fingerprint density at radius 1 is 0.971 bits per heavy atom. The molecule has 0 N–H and O–H groups in total. The van der Waals surface area contributed by atoms with Gasteiger partial charge in [0.1, 0.15) is 18.2 Å². The summed E-state index contributed by atoms with van der Waals surface area (Å²) < 4.78 is 51.8. The zero-order valence-corrected chi connectivity index (χ0v) is 19.9. The van der Waals surface area contributed by atoms with Crippen molar-refractivity contribution >= 4 is 5.97 Å². The van der Waals surface area contributed by atoms with Crippen molar-refractivity contribution in [2.24, 2.45) is 22.7 Å². The van der Waals surface area contributed by atoms with Crippen LogP contribution in [0.25, 0.3) is 0 Å². The molecule has 1 aromatic rings. The minimum atomic E-state index is -0.763. The lowest BCUT2D eigenvalue weighted by atomic mass is 9.44. The van der Waals surface area contributed by atoms with Gasteiger partial charge >= 0.3 is 5.97 Å². The molecule has 1 aromatic carbocycles. The molecule has 5 aliphatic rings. The van der Waals surface area contributed by atoms with E-state index in [4.69, 9.17) is 18.9 Å². The van der Waals surface area contributed by atoms with E-state index in [2.05, 4.69) is 20.8 Å². The molecule has 34 heavy (non-hydrogen) atoms. The van der Waals surface area contributed by atoms with E-state index < -0.39 is 17.9 Å². The minimum Gasteiger partial charge on any atom is -0.458 e. The summed E-state index contributed by atoms with van der Waals surface area (Å²) in [6.07, 6.45) is 5.38. The Morgan fingerprint density at radius 3 is 2.44 bits per heavy atom. The molecule has 6 rings (SSSR count). The number of esters is 1. The van der Waals surface area contributed by atoms with E-state index in [-0.39, 0.29) is 34.6 Å². The van der Waals surface area contributed by atoms with E-state index in [1.807, 2.05) is 6.08 Å². The third-order valence-corrected chi connectivity index (χ3v) is 9.69. The normalized spacial score (nSPS) is 45.7. The molecule has 3 heterocycles. The smallest absolute Gasteiger partial charge is 0.336 e. The zero-order valence-electron chi connectivity index (χ0n) is 19.9. The van der Waals surface area contributed by atoms with Gasteiger partial charge in [-0.25, -0.2) is 13.6 Å². The Bertz CT molecular complexity index is 1040. The van der Waals surface area contributed by atoms with Crippen molar-refractivity contribution in [3.8, 4) is 0 Å². The predicted octanol–water partition coefficient (Wildman–Crippen LogP) is 5.24. The van der Waals surface area contributed by atoms with Crippen LogP contribution in [0, 0.1) is 34.3 Å². The first-order chi connectivity index (χ1) is 16.1. The topological polar surface area (TPSA) is 54.0 Å². The maximum atomic E-state index is 13.8. The molecule has 0 bridgehead atoms. The molecular weight excluding hydrogens is 442 g/mol. The summed E-state index contributed by atoms with van der Waals surface area (Å²) in [6.45, 7) is 7.64. The second-order valence-electron chi connectivity index (χ2n) is 11.6. The van der Waals surface area contributed by atoms with Crippen molar-refractivity contribution in [3.05, 3.63) is 47.0 Å². The highest BCUT2D eigenvalue weighted by Gasteiger charge is 2.66. The summed E-state index contributed by atoms with van der Waals surface area (Å²) >= 11 is 0. The van der Waals surface area contributed by atoms with Gasteiger partial charge in [-0.05, 0) is 74.5 Å². The van der Waals surface area contributed by atoms with Crippen LogP contribution in [0.1, 0.15) is 64.7 Å². The van der Waals surface area contributed by atoms with Crippen LogP contribution in [0.3, 0.4) is 0 Å². The maximum Gasteiger partial charge on any atom is 0.336 e. The van der Waals surface area contributed by atoms with Gasteiger partial charge in [-0.3, -0.25) is 0 Å². The van der Waals surface area contributed by atoms with Gasteiger partial charge in [-0.15, -0.1) is 0 Å². The fraction of sp³-hybridized carbons (Fsp3) is 0.667. The van der Waals surface area contributed by atoms with Crippen LogP contribution in [0.15, 0.2) is 29.8 Å². The molecule has 4 fully saturated rings.